The van der Waals surface area contributed by atoms with Gasteiger partial charge in [-0.2, -0.15) is 0 Å². The fourth-order valence-corrected chi connectivity index (χ4v) is 2.07. The smallest absolute Gasteiger partial charge is 0.251 e. The molecule has 0 aliphatic heterocycles. The molecule has 3 amide bonds. The van der Waals surface area contributed by atoms with Crippen LogP contribution in [0.15, 0.2) is 42.6 Å². The third kappa shape index (κ3) is 6.18. The van der Waals surface area contributed by atoms with Gasteiger partial charge in [-0.25, -0.2) is 9.37 Å². The first kappa shape index (κ1) is 20.0. The molecular weight excluding hydrogens is 351 g/mol. The van der Waals surface area contributed by atoms with Crippen LogP contribution in [0.3, 0.4) is 0 Å². The molecule has 0 aliphatic carbocycles. The maximum absolute atomic E-state index is 12.8. The average molecular weight is 372 g/mol. The largest absolute Gasteiger partial charge is 0.350 e. The Kier molecular flexibility index (Phi) is 6.99. The van der Waals surface area contributed by atoms with Crippen LogP contribution in [0.5, 0.6) is 0 Å². The summed E-state index contributed by atoms with van der Waals surface area (Å²) in [7, 11) is 0. The monoisotopic (exact) mass is 372 g/mol. The number of carbonyl (C=O) groups excluding carboxylic acids is 3. The van der Waals surface area contributed by atoms with Crippen molar-refractivity contribution in [3.63, 3.8) is 0 Å². The molecule has 0 fully saturated rings. The molecule has 27 heavy (non-hydrogen) atoms. The molecule has 1 heterocycles. The van der Waals surface area contributed by atoms with Crippen LogP contribution in [0.2, 0.25) is 0 Å². The predicted molar refractivity (Wildman–Crippen MR) is 98.8 cm³/mol. The van der Waals surface area contributed by atoms with Crippen molar-refractivity contribution < 1.29 is 18.8 Å². The summed E-state index contributed by atoms with van der Waals surface area (Å²) in [6, 6.07) is 8.18. The van der Waals surface area contributed by atoms with Crippen molar-refractivity contribution in [1.29, 1.82) is 0 Å². The minimum atomic E-state index is -0.417. The number of carbonyl (C=O) groups is 3. The number of rotatable bonds is 7. The quantitative estimate of drug-likeness (QED) is 0.647. The summed E-state index contributed by atoms with van der Waals surface area (Å²) in [5.41, 5.74) is 0.677. The van der Waals surface area contributed by atoms with Gasteiger partial charge in [-0.05, 0) is 36.4 Å². The number of nitrogens with zero attached hydrogens (tertiary/aromatic N) is 1. The first-order valence-electron chi connectivity index (χ1n) is 8.45. The number of halogens is 1. The van der Waals surface area contributed by atoms with E-state index in [-0.39, 0.29) is 36.7 Å². The molecule has 142 valence electrons. The van der Waals surface area contributed by atoms with E-state index in [0.29, 0.717) is 16.9 Å². The molecule has 1 aromatic heterocycles. The highest BCUT2D eigenvalue weighted by Gasteiger charge is 2.11. The molecule has 0 radical (unpaired) electrons. The summed E-state index contributed by atoms with van der Waals surface area (Å²) in [4.78, 5) is 39.7. The van der Waals surface area contributed by atoms with E-state index in [9.17, 15) is 18.8 Å². The zero-order valence-corrected chi connectivity index (χ0v) is 15.1. The zero-order valence-electron chi connectivity index (χ0n) is 15.1. The van der Waals surface area contributed by atoms with Crippen LogP contribution < -0.4 is 16.0 Å². The number of benzene rings is 1. The van der Waals surface area contributed by atoms with Gasteiger partial charge in [-0.3, -0.25) is 14.4 Å². The molecular formula is C19H21FN4O3. The molecule has 1 aromatic carbocycles. The third-order valence-corrected chi connectivity index (χ3v) is 3.60. The van der Waals surface area contributed by atoms with Gasteiger partial charge >= 0.3 is 0 Å². The van der Waals surface area contributed by atoms with E-state index >= 15 is 0 Å². The van der Waals surface area contributed by atoms with Crippen LogP contribution >= 0.6 is 0 Å². The highest BCUT2D eigenvalue weighted by atomic mass is 19.1. The Balaban J connectivity index is 1.81. The summed E-state index contributed by atoms with van der Waals surface area (Å²) < 4.78 is 12.8. The van der Waals surface area contributed by atoms with Crippen molar-refractivity contribution in [3.8, 4) is 0 Å². The Morgan fingerprint density at radius 3 is 2.15 bits per heavy atom. The number of pyridine rings is 1. The van der Waals surface area contributed by atoms with E-state index in [0.717, 1.165) is 0 Å². The number of nitrogens with one attached hydrogen (secondary N) is 3. The van der Waals surface area contributed by atoms with Crippen LogP contribution in [0, 0.1) is 11.7 Å². The fraction of sp³-hybridized carbons (Fsp3) is 0.263. The molecule has 3 N–H and O–H groups in total. The van der Waals surface area contributed by atoms with E-state index in [1.165, 1.54) is 42.6 Å². The van der Waals surface area contributed by atoms with Gasteiger partial charge in [0.1, 0.15) is 11.6 Å². The van der Waals surface area contributed by atoms with Gasteiger partial charge in [0.25, 0.3) is 11.8 Å². The summed E-state index contributed by atoms with van der Waals surface area (Å²) in [6.07, 6.45) is 1.43. The number of aromatic nitrogens is 1. The second-order valence-electron chi connectivity index (χ2n) is 6.09. The molecule has 0 bridgehead atoms. The second-order valence-corrected chi connectivity index (χ2v) is 6.09. The molecule has 7 nitrogen and oxygen atoms in total. The van der Waals surface area contributed by atoms with Gasteiger partial charge in [-0.1, -0.05) is 13.8 Å². The van der Waals surface area contributed by atoms with Gasteiger partial charge in [0.15, 0.2) is 0 Å². The predicted octanol–water partition coefficient (Wildman–Crippen LogP) is 1.97. The lowest BCUT2D eigenvalue weighted by Gasteiger charge is -2.09. The minimum absolute atomic E-state index is 0.191. The van der Waals surface area contributed by atoms with E-state index < -0.39 is 5.82 Å². The topological polar surface area (TPSA) is 100 Å². The Morgan fingerprint density at radius 2 is 1.56 bits per heavy atom. The SMILES string of the molecule is CC(C)C(=O)Nc1cc(C(=O)NCCNC(=O)c2ccc(F)cc2)ccn1. The number of hydrogen-bond acceptors (Lipinski definition) is 4. The Bertz CT molecular complexity index is 822. The Labute approximate surface area is 156 Å². The standard InChI is InChI=1S/C19H21FN4O3/c1-12(2)17(25)24-16-11-14(7-8-21-16)19(27)23-10-9-22-18(26)13-3-5-15(20)6-4-13/h3-8,11-12H,9-10H2,1-2H3,(H,22,26)(H,23,27)(H,21,24,25). The molecule has 0 atom stereocenters. The van der Waals surface area contributed by atoms with Crippen LogP contribution in [0.1, 0.15) is 34.6 Å². The fourth-order valence-electron chi connectivity index (χ4n) is 2.07. The van der Waals surface area contributed by atoms with Crippen molar-refractivity contribution in [2.75, 3.05) is 18.4 Å². The number of hydrogen-bond donors (Lipinski definition) is 3. The maximum atomic E-state index is 12.8. The lowest BCUT2D eigenvalue weighted by Crippen LogP contribution is -2.34. The van der Waals surface area contributed by atoms with Crippen LogP contribution in [-0.4, -0.2) is 35.8 Å². The van der Waals surface area contributed by atoms with Gasteiger partial charge in [-0.15, -0.1) is 0 Å². The van der Waals surface area contributed by atoms with Crippen molar-refractivity contribution >= 4 is 23.5 Å². The van der Waals surface area contributed by atoms with Crippen molar-refractivity contribution in [3.05, 3.63) is 59.5 Å². The van der Waals surface area contributed by atoms with Crippen molar-refractivity contribution in [2.45, 2.75) is 13.8 Å². The maximum Gasteiger partial charge on any atom is 0.251 e. The molecule has 0 saturated carbocycles. The van der Waals surface area contributed by atoms with E-state index in [1.54, 1.807) is 13.8 Å². The molecule has 0 unspecified atom stereocenters. The molecule has 0 spiro atoms. The van der Waals surface area contributed by atoms with Crippen molar-refractivity contribution in [2.24, 2.45) is 5.92 Å². The molecule has 0 aliphatic rings. The van der Waals surface area contributed by atoms with Crippen LogP contribution in [0.4, 0.5) is 10.2 Å². The van der Waals surface area contributed by atoms with E-state index in [2.05, 4.69) is 20.9 Å². The van der Waals surface area contributed by atoms with Gasteiger partial charge in [0.2, 0.25) is 5.91 Å². The molecule has 8 heteroatoms. The summed E-state index contributed by atoms with van der Waals surface area (Å²) in [5, 5.41) is 7.92. The third-order valence-electron chi connectivity index (χ3n) is 3.60. The summed E-state index contributed by atoms with van der Waals surface area (Å²) >= 11 is 0. The van der Waals surface area contributed by atoms with E-state index in [4.69, 9.17) is 0 Å². The zero-order chi connectivity index (χ0) is 19.8. The van der Waals surface area contributed by atoms with Gasteiger partial charge < -0.3 is 16.0 Å². The molecule has 2 rings (SSSR count). The van der Waals surface area contributed by atoms with Crippen molar-refractivity contribution in [1.82, 2.24) is 15.6 Å². The Morgan fingerprint density at radius 1 is 0.963 bits per heavy atom. The van der Waals surface area contributed by atoms with Gasteiger partial charge in [0, 0.05) is 36.3 Å². The van der Waals surface area contributed by atoms with Crippen LogP contribution in [-0.2, 0) is 4.79 Å². The normalized spacial score (nSPS) is 10.4. The highest BCUT2D eigenvalue weighted by molar-refractivity contribution is 5.97. The lowest BCUT2D eigenvalue weighted by atomic mass is 10.2. The highest BCUT2D eigenvalue weighted by Crippen LogP contribution is 2.08. The molecule has 2 aromatic rings. The van der Waals surface area contributed by atoms with Gasteiger partial charge in [0.05, 0.1) is 0 Å². The summed E-state index contributed by atoms with van der Waals surface area (Å²) in [6.45, 7) is 3.93. The van der Waals surface area contributed by atoms with E-state index in [1.807, 2.05) is 0 Å². The number of anilines is 1. The first-order chi connectivity index (χ1) is 12.9. The Hall–Kier alpha value is -3.29. The lowest BCUT2D eigenvalue weighted by molar-refractivity contribution is -0.118. The second kappa shape index (κ2) is 9.42. The number of amides is 3. The average Bonchev–Trinajstić information content (AvgIpc) is 2.65. The first-order valence-corrected chi connectivity index (χ1v) is 8.45. The minimum Gasteiger partial charge on any atom is -0.350 e. The summed E-state index contributed by atoms with van der Waals surface area (Å²) in [5.74, 6) is -1.22. The molecule has 0 saturated heterocycles. The van der Waals surface area contributed by atoms with Crippen LogP contribution in [0.25, 0.3) is 0 Å².